The van der Waals surface area contributed by atoms with Crippen LogP contribution in [0.15, 0.2) is 28.8 Å². The molecule has 1 unspecified atom stereocenters. The lowest BCUT2D eigenvalue weighted by Crippen LogP contribution is -2.37. The standard InChI is InChI=1S/C14H17N3O3/c1-18-11-4-2-10(3-5-11)8-12-16-13(20-17-12)14(15)6-7-19-9-14/h2-5H,6-9,15H2,1H3. The zero-order valence-corrected chi connectivity index (χ0v) is 11.3. The molecule has 0 spiro atoms. The fourth-order valence-electron chi connectivity index (χ4n) is 2.20. The Balaban J connectivity index is 1.73. The van der Waals surface area contributed by atoms with Gasteiger partial charge in [0.1, 0.15) is 11.3 Å². The summed E-state index contributed by atoms with van der Waals surface area (Å²) < 4.78 is 15.7. The molecule has 106 valence electrons. The van der Waals surface area contributed by atoms with Crippen molar-refractivity contribution >= 4 is 0 Å². The summed E-state index contributed by atoms with van der Waals surface area (Å²) in [4.78, 5) is 4.39. The quantitative estimate of drug-likeness (QED) is 0.904. The minimum atomic E-state index is -0.634. The van der Waals surface area contributed by atoms with Crippen molar-refractivity contribution in [2.45, 2.75) is 18.4 Å². The van der Waals surface area contributed by atoms with E-state index in [1.807, 2.05) is 24.3 Å². The maximum absolute atomic E-state index is 6.19. The largest absolute Gasteiger partial charge is 0.497 e. The van der Waals surface area contributed by atoms with E-state index in [2.05, 4.69) is 10.1 Å². The van der Waals surface area contributed by atoms with E-state index in [9.17, 15) is 0 Å². The smallest absolute Gasteiger partial charge is 0.249 e. The lowest BCUT2D eigenvalue weighted by Gasteiger charge is -2.14. The molecule has 0 amide bonds. The summed E-state index contributed by atoms with van der Waals surface area (Å²) in [5.74, 6) is 1.91. The molecule has 6 nitrogen and oxygen atoms in total. The van der Waals surface area contributed by atoms with Crippen molar-refractivity contribution in [1.29, 1.82) is 0 Å². The van der Waals surface area contributed by atoms with Gasteiger partial charge in [0.05, 0.1) is 13.7 Å². The minimum Gasteiger partial charge on any atom is -0.497 e. The number of benzene rings is 1. The Bertz CT molecular complexity index is 574. The van der Waals surface area contributed by atoms with E-state index in [1.165, 1.54) is 0 Å². The molecular weight excluding hydrogens is 258 g/mol. The number of aromatic nitrogens is 2. The van der Waals surface area contributed by atoms with E-state index in [0.29, 0.717) is 37.8 Å². The zero-order chi connectivity index (χ0) is 14.0. The molecular formula is C14H17N3O3. The minimum absolute atomic E-state index is 0.428. The molecule has 1 aromatic heterocycles. The molecule has 1 aliphatic heterocycles. The summed E-state index contributed by atoms with van der Waals surface area (Å²) in [5, 5.41) is 3.99. The van der Waals surface area contributed by atoms with E-state index in [0.717, 1.165) is 11.3 Å². The average Bonchev–Trinajstić information content (AvgIpc) is 3.10. The Hall–Kier alpha value is -1.92. The highest BCUT2D eigenvalue weighted by Crippen LogP contribution is 2.26. The molecule has 1 fully saturated rings. The van der Waals surface area contributed by atoms with E-state index in [1.54, 1.807) is 7.11 Å². The van der Waals surface area contributed by atoms with Crippen LogP contribution in [-0.2, 0) is 16.7 Å². The zero-order valence-electron chi connectivity index (χ0n) is 11.3. The van der Waals surface area contributed by atoms with Gasteiger partial charge in [0, 0.05) is 13.0 Å². The van der Waals surface area contributed by atoms with Crippen LogP contribution in [0.25, 0.3) is 0 Å². The number of rotatable bonds is 4. The first-order valence-electron chi connectivity index (χ1n) is 6.52. The Morgan fingerprint density at radius 1 is 1.35 bits per heavy atom. The van der Waals surface area contributed by atoms with Gasteiger partial charge in [0.25, 0.3) is 0 Å². The summed E-state index contributed by atoms with van der Waals surface area (Å²) >= 11 is 0. The fraction of sp³-hybridized carbons (Fsp3) is 0.429. The maximum Gasteiger partial charge on any atom is 0.249 e. The summed E-state index contributed by atoms with van der Waals surface area (Å²) in [7, 11) is 1.64. The molecule has 20 heavy (non-hydrogen) atoms. The van der Waals surface area contributed by atoms with E-state index in [4.69, 9.17) is 19.7 Å². The van der Waals surface area contributed by atoms with Crippen molar-refractivity contribution in [2.24, 2.45) is 5.73 Å². The van der Waals surface area contributed by atoms with Crippen LogP contribution in [-0.4, -0.2) is 30.5 Å². The van der Waals surface area contributed by atoms with Gasteiger partial charge in [-0.05, 0) is 24.1 Å². The van der Waals surface area contributed by atoms with Crippen LogP contribution in [0.1, 0.15) is 23.7 Å². The van der Waals surface area contributed by atoms with E-state index < -0.39 is 5.54 Å². The summed E-state index contributed by atoms with van der Waals surface area (Å²) in [6.07, 6.45) is 1.31. The Labute approximate surface area is 116 Å². The van der Waals surface area contributed by atoms with Crippen LogP contribution in [0.5, 0.6) is 5.75 Å². The summed E-state index contributed by atoms with van der Waals surface area (Å²) in [6.45, 7) is 1.06. The van der Waals surface area contributed by atoms with Crippen molar-refractivity contribution in [3.63, 3.8) is 0 Å². The normalized spacial score (nSPS) is 22.1. The molecule has 1 saturated heterocycles. The number of nitrogens with two attached hydrogens (primary N) is 1. The maximum atomic E-state index is 6.19. The number of methoxy groups -OCH3 is 1. The van der Waals surface area contributed by atoms with Crippen molar-refractivity contribution in [2.75, 3.05) is 20.3 Å². The lowest BCUT2D eigenvalue weighted by atomic mass is 10.0. The number of hydrogen-bond donors (Lipinski definition) is 1. The van der Waals surface area contributed by atoms with Gasteiger partial charge in [-0.1, -0.05) is 17.3 Å². The van der Waals surface area contributed by atoms with Gasteiger partial charge in [0.2, 0.25) is 5.89 Å². The van der Waals surface area contributed by atoms with Crippen LogP contribution in [0, 0.1) is 0 Å². The van der Waals surface area contributed by atoms with Crippen LogP contribution < -0.4 is 10.5 Å². The average molecular weight is 275 g/mol. The second-order valence-corrected chi connectivity index (χ2v) is 5.00. The van der Waals surface area contributed by atoms with E-state index in [-0.39, 0.29) is 0 Å². The molecule has 1 aliphatic rings. The molecule has 0 bridgehead atoms. The van der Waals surface area contributed by atoms with Gasteiger partial charge in [-0.25, -0.2) is 0 Å². The van der Waals surface area contributed by atoms with Crippen LogP contribution >= 0.6 is 0 Å². The molecule has 1 aromatic carbocycles. The third-order valence-electron chi connectivity index (χ3n) is 3.47. The first-order valence-corrected chi connectivity index (χ1v) is 6.52. The van der Waals surface area contributed by atoms with Gasteiger partial charge in [-0.3, -0.25) is 0 Å². The molecule has 3 rings (SSSR count). The van der Waals surface area contributed by atoms with E-state index >= 15 is 0 Å². The van der Waals surface area contributed by atoms with Crippen LogP contribution in [0.3, 0.4) is 0 Å². The first kappa shape index (κ1) is 13.1. The molecule has 2 heterocycles. The number of ether oxygens (including phenoxy) is 2. The Kier molecular flexibility index (Phi) is 3.42. The molecule has 0 saturated carbocycles. The second kappa shape index (κ2) is 5.22. The Morgan fingerprint density at radius 2 is 2.15 bits per heavy atom. The fourth-order valence-corrected chi connectivity index (χ4v) is 2.20. The SMILES string of the molecule is COc1ccc(Cc2noc(C3(N)CCOC3)n2)cc1. The first-order chi connectivity index (χ1) is 9.69. The monoisotopic (exact) mass is 275 g/mol. The topological polar surface area (TPSA) is 83.4 Å². The highest BCUT2D eigenvalue weighted by atomic mass is 16.5. The molecule has 0 aliphatic carbocycles. The van der Waals surface area contributed by atoms with Crippen molar-refractivity contribution < 1.29 is 14.0 Å². The molecule has 2 aromatic rings. The summed E-state index contributed by atoms with van der Waals surface area (Å²) in [5.41, 5.74) is 6.64. The third kappa shape index (κ3) is 2.52. The van der Waals surface area contributed by atoms with Crippen molar-refractivity contribution in [3.05, 3.63) is 41.5 Å². The second-order valence-electron chi connectivity index (χ2n) is 5.00. The van der Waals surface area contributed by atoms with Crippen LogP contribution in [0.4, 0.5) is 0 Å². The third-order valence-corrected chi connectivity index (χ3v) is 3.47. The predicted molar refractivity (Wildman–Crippen MR) is 71.4 cm³/mol. The van der Waals surface area contributed by atoms with Crippen LogP contribution in [0.2, 0.25) is 0 Å². The predicted octanol–water partition coefficient (Wildman–Crippen LogP) is 1.24. The highest BCUT2D eigenvalue weighted by Gasteiger charge is 2.38. The molecule has 6 heteroatoms. The van der Waals surface area contributed by atoms with Gasteiger partial charge in [-0.2, -0.15) is 4.98 Å². The molecule has 2 N–H and O–H groups in total. The molecule has 0 radical (unpaired) electrons. The summed E-state index contributed by atoms with van der Waals surface area (Å²) in [6, 6.07) is 7.77. The number of hydrogen-bond acceptors (Lipinski definition) is 6. The van der Waals surface area contributed by atoms with Gasteiger partial charge in [-0.15, -0.1) is 0 Å². The van der Waals surface area contributed by atoms with Crippen molar-refractivity contribution in [3.8, 4) is 5.75 Å². The highest BCUT2D eigenvalue weighted by molar-refractivity contribution is 5.28. The lowest BCUT2D eigenvalue weighted by molar-refractivity contribution is 0.166. The van der Waals surface area contributed by atoms with Gasteiger partial charge < -0.3 is 19.7 Å². The molecule has 1 atom stereocenters. The number of nitrogens with zero attached hydrogens (tertiary/aromatic N) is 2. The van der Waals surface area contributed by atoms with Gasteiger partial charge in [0.15, 0.2) is 5.82 Å². The van der Waals surface area contributed by atoms with Crippen molar-refractivity contribution in [1.82, 2.24) is 10.1 Å². The Morgan fingerprint density at radius 3 is 2.80 bits per heavy atom. The van der Waals surface area contributed by atoms with Gasteiger partial charge >= 0.3 is 0 Å².